The first-order chi connectivity index (χ1) is 10.3. The third-order valence-corrected chi connectivity index (χ3v) is 6.85. The molecule has 1 N–H and O–H groups in total. The SMILES string of the molecule is CC1=C[C@@H](O)[C@@H]([C@@H](C)/C=C\[C@H]2[C@H](C)[C@]3(C)CC[C@@]2(C)O3)CC1. The minimum Gasteiger partial charge on any atom is -0.389 e. The Morgan fingerprint density at radius 3 is 2.59 bits per heavy atom. The highest BCUT2D eigenvalue weighted by Gasteiger charge is 2.60. The highest BCUT2D eigenvalue weighted by atomic mass is 16.5. The molecule has 1 aliphatic carbocycles. The van der Waals surface area contributed by atoms with E-state index in [2.05, 4.69) is 46.8 Å². The van der Waals surface area contributed by atoms with E-state index in [0.717, 1.165) is 12.8 Å². The predicted molar refractivity (Wildman–Crippen MR) is 90.6 cm³/mol. The maximum atomic E-state index is 10.3. The predicted octanol–water partition coefficient (Wildman–Crippen LogP) is 4.49. The molecule has 0 spiro atoms. The van der Waals surface area contributed by atoms with Crippen LogP contribution in [0.25, 0.3) is 0 Å². The van der Waals surface area contributed by atoms with Gasteiger partial charge in [-0.2, -0.15) is 0 Å². The van der Waals surface area contributed by atoms with Gasteiger partial charge in [0.15, 0.2) is 0 Å². The largest absolute Gasteiger partial charge is 0.389 e. The summed E-state index contributed by atoms with van der Waals surface area (Å²) < 4.78 is 6.37. The summed E-state index contributed by atoms with van der Waals surface area (Å²) in [7, 11) is 0. The molecule has 2 fully saturated rings. The lowest BCUT2D eigenvalue weighted by Crippen LogP contribution is -2.35. The van der Waals surface area contributed by atoms with Crippen LogP contribution in [0.2, 0.25) is 0 Å². The van der Waals surface area contributed by atoms with Crippen molar-refractivity contribution in [3.8, 4) is 0 Å². The molecule has 2 nitrogen and oxygen atoms in total. The van der Waals surface area contributed by atoms with Crippen molar-refractivity contribution in [1.29, 1.82) is 0 Å². The number of hydrogen-bond donors (Lipinski definition) is 1. The zero-order valence-electron chi connectivity index (χ0n) is 14.8. The zero-order valence-corrected chi connectivity index (χ0v) is 14.8. The van der Waals surface area contributed by atoms with Crippen molar-refractivity contribution in [2.45, 2.75) is 77.6 Å². The molecular weight excluding hydrogens is 272 g/mol. The number of aliphatic hydroxyl groups excluding tert-OH is 1. The average Bonchev–Trinajstić information content (AvgIpc) is 2.84. The number of allylic oxidation sites excluding steroid dienone is 2. The van der Waals surface area contributed by atoms with Crippen LogP contribution in [0.1, 0.15) is 60.3 Å². The van der Waals surface area contributed by atoms with Gasteiger partial charge in [0.05, 0.1) is 17.3 Å². The summed E-state index contributed by atoms with van der Waals surface area (Å²) in [6.07, 6.45) is 11.1. The topological polar surface area (TPSA) is 29.5 Å². The molecule has 0 radical (unpaired) electrons. The first-order valence-electron chi connectivity index (χ1n) is 8.99. The van der Waals surface area contributed by atoms with Crippen molar-refractivity contribution in [2.24, 2.45) is 23.7 Å². The second-order valence-corrected chi connectivity index (χ2v) is 8.49. The number of ether oxygens (including phenoxy) is 1. The van der Waals surface area contributed by atoms with Crippen LogP contribution in [0.5, 0.6) is 0 Å². The van der Waals surface area contributed by atoms with Gasteiger partial charge in [-0.3, -0.25) is 0 Å². The maximum absolute atomic E-state index is 10.3. The molecule has 0 unspecified atom stereocenters. The molecule has 0 aromatic heterocycles. The maximum Gasteiger partial charge on any atom is 0.0757 e. The fraction of sp³-hybridized carbons (Fsp3) is 0.800. The summed E-state index contributed by atoms with van der Waals surface area (Å²) in [5, 5.41) is 10.3. The number of rotatable bonds is 3. The lowest BCUT2D eigenvalue weighted by molar-refractivity contribution is -0.0395. The van der Waals surface area contributed by atoms with E-state index in [1.807, 2.05) is 6.08 Å². The Balaban J connectivity index is 1.70. The van der Waals surface area contributed by atoms with Gasteiger partial charge in [0.1, 0.15) is 0 Å². The first-order valence-corrected chi connectivity index (χ1v) is 8.99. The minimum absolute atomic E-state index is 0.0199. The summed E-state index contributed by atoms with van der Waals surface area (Å²) in [5.41, 5.74) is 1.42. The van der Waals surface area contributed by atoms with Gasteiger partial charge in [0, 0.05) is 5.92 Å². The van der Waals surface area contributed by atoms with Gasteiger partial charge in [0.25, 0.3) is 0 Å². The Morgan fingerprint density at radius 2 is 2.00 bits per heavy atom. The van der Waals surface area contributed by atoms with E-state index in [-0.39, 0.29) is 17.3 Å². The summed E-state index contributed by atoms with van der Waals surface area (Å²) in [6.45, 7) is 11.3. The lowest BCUT2D eigenvalue weighted by atomic mass is 9.68. The van der Waals surface area contributed by atoms with E-state index in [9.17, 15) is 5.11 Å². The summed E-state index contributed by atoms with van der Waals surface area (Å²) >= 11 is 0. The molecule has 2 heteroatoms. The van der Waals surface area contributed by atoms with Crippen molar-refractivity contribution in [3.05, 3.63) is 23.8 Å². The van der Waals surface area contributed by atoms with E-state index in [0.29, 0.717) is 23.7 Å². The molecule has 7 atom stereocenters. The van der Waals surface area contributed by atoms with Crippen LogP contribution in [0.3, 0.4) is 0 Å². The molecular formula is C20H32O2. The minimum atomic E-state index is -0.282. The second-order valence-electron chi connectivity index (χ2n) is 8.49. The molecule has 3 rings (SSSR count). The molecule has 2 aliphatic heterocycles. The van der Waals surface area contributed by atoms with Gasteiger partial charge in [-0.1, -0.05) is 37.6 Å². The van der Waals surface area contributed by atoms with Gasteiger partial charge in [-0.25, -0.2) is 0 Å². The van der Waals surface area contributed by atoms with Gasteiger partial charge >= 0.3 is 0 Å². The number of fused-ring (bicyclic) bond motifs is 2. The standard InChI is InChI=1S/C20H32O2/c1-13-6-8-16(18(21)12-13)14(2)7-9-17-15(3)19(4)10-11-20(17,5)22-19/h7,9,12,14-18,21H,6,8,10-11H2,1-5H3/b9-7-/t14-,15-,16+,17-,18+,19-,20+/m0/s1. The molecule has 0 aromatic carbocycles. The van der Waals surface area contributed by atoms with Gasteiger partial charge in [0.2, 0.25) is 0 Å². The summed E-state index contributed by atoms with van der Waals surface area (Å²) in [6, 6.07) is 0. The van der Waals surface area contributed by atoms with Gasteiger partial charge < -0.3 is 9.84 Å². The summed E-state index contributed by atoms with van der Waals surface area (Å²) in [5.74, 6) is 1.86. The Morgan fingerprint density at radius 1 is 1.32 bits per heavy atom. The Bertz CT molecular complexity index is 494. The molecule has 2 saturated heterocycles. The van der Waals surface area contributed by atoms with Gasteiger partial charge in [-0.05, 0) is 64.2 Å². The van der Waals surface area contributed by atoms with Crippen LogP contribution in [0.15, 0.2) is 23.8 Å². The van der Waals surface area contributed by atoms with Crippen LogP contribution in [0.4, 0.5) is 0 Å². The quantitative estimate of drug-likeness (QED) is 0.778. The van der Waals surface area contributed by atoms with Crippen molar-refractivity contribution in [3.63, 3.8) is 0 Å². The van der Waals surface area contributed by atoms with E-state index >= 15 is 0 Å². The highest BCUT2D eigenvalue weighted by molar-refractivity contribution is 5.17. The van der Waals surface area contributed by atoms with Crippen LogP contribution in [-0.4, -0.2) is 22.4 Å². The molecule has 2 heterocycles. The normalized spacial score (nSPS) is 49.6. The highest BCUT2D eigenvalue weighted by Crippen LogP contribution is 2.57. The molecule has 0 saturated carbocycles. The van der Waals surface area contributed by atoms with Crippen LogP contribution < -0.4 is 0 Å². The van der Waals surface area contributed by atoms with E-state index in [4.69, 9.17) is 4.74 Å². The molecule has 0 amide bonds. The van der Waals surface area contributed by atoms with Crippen molar-refractivity contribution in [2.75, 3.05) is 0 Å². The molecule has 3 aliphatic rings. The monoisotopic (exact) mass is 304 g/mol. The Hall–Kier alpha value is -0.600. The molecule has 22 heavy (non-hydrogen) atoms. The third kappa shape index (κ3) is 2.59. The van der Waals surface area contributed by atoms with Crippen molar-refractivity contribution >= 4 is 0 Å². The van der Waals surface area contributed by atoms with E-state index in [1.165, 1.54) is 18.4 Å². The van der Waals surface area contributed by atoms with Crippen LogP contribution in [-0.2, 0) is 4.74 Å². The van der Waals surface area contributed by atoms with Crippen molar-refractivity contribution < 1.29 is 9.84 Å². The fourth-order valence-corrected chi connectivity index (χ4v) is 5.04. The van der Waals surface area contributed by atoms with Crippen LogP contribution in [0, 0.1) is 23.7 Å². The molecule has 2 bridgehead atoms. The fourth-order valence-electron chi connectivity index (χ4n) is 5.04. The lowest BCUT2D eigenvalue weighted by Gasteiger charge is -2.33. The first kappa shape index (κ1) is 16.3. The zero-order chi connectivity index (χ0) is 16.1. The Labute approximate surface area is 135 Å². The summed E-state index contributed by atoms with van der Waals surface area (Å²) in [4.78, 5) is 0. The number of aliphatic hydroxyl groups is 1. The molecule has 124 valence electrons. The Kier molecular flexibility index (Phi) is 4.06. The van der Waals surface area contributed by atoms with E-state index in [1.54, 1.807) is 0 Å². The van der Waals surface area contributed by atoms with Crippen LogP contribution >= 0.6 is 0 Å². The number of hydrogen-bond acceptors (Lipinski definition) is 2. The second kappa shape index (κ2) is 5.49. The van der Waals surface area contributed by atoms with Gasteiger partial charge in [-0.15, -0.1) is 0 Å². The van der Waals surface area contributed by atoms with E-state index < -0.39 is 0 Å². The third-order valence-electron chi connectivity index (χ3n) is 6.85. The smallest absolute Gasteiger partial charge is 0.0757 e. The molecule has 0 aromatic rings. The van der Waals surface area contributed by atoms with Crippen molar-refractivity contribution in [1.82, 2.24) is 0 Å². The average molecular weight is 304 g/mol.